The van der Waals surface area contributed by atoms with Gasteiger partial charge in [0.05, 0.1) is 22.3 Å². The van der Waals surface area contributed by atoms with E-state index in [0.29, 0.717) is 23.7 Å². The van der Waals surface area contributed by atoms with E-state index in [1.807, 2.05) is 4.90 Å². The summed E-state index contributed by atoms with van der Waals surface area (Å²) in [6.07, 6.45) is 5.16. The van der Waals surface area contributed by atoms with E-state index in [1.54, 1.807) is 18.3 Å². The number of hydrogen-bond donors (Lipinski definition) is 1. The molecule has 28 heavy (non-hydrogen) atoms. The Bertz CT molecular complexity index is 952. The number of nitrogens with one attached hydrogen (secondary N) is 1. The number of aromatic amines is 1. The smallest absolute Gasteiger partial charge is 0.257 e. The molecular weight excluding hydrogens is 400 g/mol. The fourth-order valence-corrected chi connectivity index (χ4v) is 5.67. The van der Waals surface area contributed by atoms with Gasteiger partial charge in [0.25, 0.3) is 5.91 Å². The Labute approximate surface area is 169 Å². The molecule has 2 fully saturated rings. The Morgan fingerprint density at radius 1 is 1.11 bits per heavy atom. The number of likely N-dealkylation sites (tertiary alicyclic amines) is 1. The summed E-state index contributed by atoms with van der Waals surface area (Å²) in [5.41, 5.74) is 1.31. The van der Waals surface area contributed by atoms with Crippen molar-refractivity contribution in [3.63, 3.8) is 0 Å². The van der Waals surface area contributed by atoms with Crippen LogP contribution in [0, 0.1) is 0 Å². The van der Waals surface area contributed by atoms with Crippen LogP contribution in [-0.4, -0.2) is 59.9 Å². The summed E-state index contributed by atoms with van der Waals surface area (Å²) in [5, 5.41) is 7.55. The first-order valence-corrected chi connectivity index (χ1v) is 11.4. The van der Waals surface area contributed by atoms with Crippen molar-refractivity contribution in [2.75, 3.05) is 26.2 Å². The number of nitrogens with zero attached hydrogens (tertiary/aromatic N) is 3. The van der Waals surface area contributed by atoms with Crippen LogP contribution in [0.25, 0.3) is 0 Å². The normalized spacial score (nSPS) is 21.2. The van der Waals surface area contributed by atoms with Crippen LogP contribution in [0.2, 0.25) is 5.02 Å². The lowest BCUT2D eigenvalue weighted by Gasteiger charge is -2.32. The Balaban J connectivity index is 1.56. The molecule has 0 saturated carbocycles. The summed E-state index contributed by atoms with van der Waals surface area (Å²) in [6.45, 7) is 2.33. The molecule has 1 N–H and O–H groups in total. The number of piperidine rings is 1. The van der Waals surface area contributed by atoms with E-state index in [2.05, 4.69) is 10.2 Å². The molecule has 2 aliphatic heterocycles. The number of H-pyrrole nitrogens is 1. The van der Waals surface area contributed by atoms with E-state index in [4.69, 9.17) is 11.6 Å². The molecule has 9 heteroatoms. The number of sulfonamides is 1. The van der Waals surface area contributed by atoms with E-state index in [0.717, 1.165) is 44.5 Å². The van der Waals surface area contributed by atoms with E-state index in [1.165, 1.54) is 16.4 Å². The number of carbonyl (C=O) groups is 1. The van der Waals surface area contributed by atoms with Crippen LogP contribution in [-0.2, 0) is 10.0 Å². The molecule has 2 aromatic rings. The first-order chi connectivity index (χ1) is 13.5. The third kappa shape index (κ3) is 3.68. The summed E-state index contributed by atoms with van der Waals surface area (Å²) in [5.74, 6) is -0.0983. The van der Waals surface area contributed by atoms with Crippen LogP contribution in [0.5, 0.6) is 0 Å². The zero-order valence-electron chi connectivity index (χ0n) is 15.5. The molecule has 0 aliphatic carbocycles. The van der Waals surface area contributed by atoms with Crippen molar-refractivity contribution >= 4 is 27.5 Å². The Kier molecular flexibility index (Phi) is 5.44. The fourth-order valence-electron chi connectivity index (χ4n) is 4.02. The number of carbonyl (C=O) groups excluding carboxylic acids is 1. The molecule has 1 aromatic heterocycles. The molecular formula is C19H23ClN4O3S. The SMILES string of the molecule is O=C(c1cn[nH]c1C1CCCN(S(=O)(=O)c2ccc(Cl)cc2)C1)N1CCCC1. The maximum atomic E-state index is 13.0. The minimum absolute atomic E-state index is 0.0149. The topological polar surface area (TPSA) is 86.4 Å². The summed E-state index contributed by atoms with van der Waals surface area (Å²) in [7, 11) is -3.61. The number of hydrogen-bond acceptors (Lipinski definition) is 4. The van der Waals surface area contributed by atoms with Crippen molar-refractivity contribution in [2.45, 2.75) is 36.5 Å². The van der Waals surface area contributed by atoms with Gasteiger partial charge in [0.15, 0.2) is 0 Å². The van der Waals surface area contributed by atoms with Crippen molar-refractivity contribution in [1.82, 2.24) is 19.4 Å². The van der Waals surface area contributed by atoms with Gasteiger partial charge in [0.2, 0.25) is 10.0 Å². The molecule has 1 aromatic carbocycles. The highest BCUT2D eigenvalue weighted by Crippen LogP contribution is 2.32. The minimum atomic E-state index is -3.61. The quantitative estimate of drug-likeness (QED) is 0.820. The van der Waals surface area contributed by atoms with Gasteiger partial charge in [0.1, 0.15) is 0 Å². The van der Waals surface area contributed by atoms with Gasteiger partial charge in [-0.3, -0.25) is 9.89 Å². The van der Waals surface area contributed by atoms with Gasteiger partial charge in [-0.2, -0.15) is 9.40 Å². The summed E-state index contributed by atoms with van der Waals surface area (Å²) >= 11 is 5.88. The molecule has 0 radical (unpaired) electrons. The molecule has 4 rings (SSSR count). The highest BCUT2D eigenvalue weighted by Gasteiger charge is 2.34. The third-order valence-corrected chi connectivity index (χ3v) is 7.67. The summed E-state index contributed by atoms with van der Waals surface area (Å²) < 4.78 is 27.5. The van der Waals surface area contributed by atoms with Gasteiger partial charge in [0, 0.05) is 37.1 Å². The molecule has 2 saturated heterocycles. The van der Waals surface area contributed by atoms with Crippen LogP contribution in [0.1, 0.15) is 47.7 Å². The standard InChI is InChI=1S/C19H23ClN4O3S/c20-15-5-7-16(8-6-15)28(26,27)24-11-3-4-14(13-24)18-17(12-21-22-18)19(25)23-9-1-2-10-23/h5-8,12,14H,1-4,9-11,13H2,(H,21,22). The maximum absolute atomic E-state index is 13.0. The monoisotopic (exact) mass is 422 g/mol. The van der Waals surface area contributed by atoms with Crippen molar-refractivity contribution < 1.29 is 13.2 Å². The van der Waals surface area contributed by atoms with Crippen LogP contribution in [0.4, 0.5) is 0 Å². The number of rotatable bonds is 4. The van der Waals surface area contributed by atoms with Gasteiger partial charge in [-0.25, -0.2) is 8.42 Å². The highest BCUT2D eigenvalue weighted by atomic mass is 35.5. The van der Waals surface area contributed by atoms with Crippen molar-refractivity contribution in [1.29, 1.82) is 0 Å². The van der Waals surface area contributed by atoms with Crippen LogP contribution in [0.3, 0.4) is 0 Å². The first-order valence-electron chi connectivity index (χ1n) is 9.55. The molecule has 1 unspecified atom stereocenters. The van der Waals surface area contributed by atoms with Gasteiger partial charge in [-0.1, -0.05) is 11.6 Å². The number of halogens is 1. The second-order valence-corrected chi connectivity index (χ2v) is 9.73. The van der Waals surface area contributed by atoms with Crippen LogP contribution < -0.4 is 0 Å². The molecule has 2 aliphatic rings. The lowest BCUT2D eigenvalue weighted by molar-refractivity contribution is 0.0791. The number of aromatic nitrogens is 2. The van der Waals surface area contributed by atoms with Crippen molar-refractivity contribution in [3.05, 3.63) is 46.7 Å². The maximum Gasteiger partial charge on any atom is 0.257 e. The lowest BCUT2D eigenvalue weighted by atomic mass is 9.93. The first kappa shape index (κ1) is 19.4. The van der Waals surface area contributed by atoms with Gasteiger partial charge < -0.3 is 4.90 Å². The van der Waals surface area contributed by atoms with E-state index in [-0.39, 0.29) is 16.7 Å². The second kappa shape index (κ2) is 7.85. The average molecular weight is 423 g/mol. The zero-order chi connectivity index (χ0) is 19.7. The molecule has 1 amide bonds. The van der Waals surface area contributed by atoms with Crippen molar-refractivity contribution in [2.24, 2.45) is 0 Å². The van der Waals surface area contributed by atoms with Crippen molar-refractivity contribution in [3.8, 4) is 0 Å². The molecule has 1 atom stereocenters. The van der Waals surface area contributed by atoms with Gasteiger partial charge >= 0.3 is 0 Å². The van der Waals surface area contributed by atoms with Crippen LogP contribution >= 0.6 is 11.6 Å². The van der Waals surface area contributed by atoms with E-state index < -0.39 is 10.0 Å². The third-order valence-electron chi connectivity index (χ3n) is 5.54. The fraction of sp³-hybridized carbons (Fsp3) is 0.474. The highest BCUT2D eigenvalue weighted by molar-refractivity contribution is 7.89. The second-order valence-electron chi connectivity index (χ2n) is 7.35. The Morgan fingerprint density at radius 2 is 1.82 bits per heavy atom. The van der Waals surface area contributed by atoms with E-state index >= 15 is 0 Å². The minimum Gasteiger partial charge on any atom is -0.339 e. The largest absolute Gasteiger partial charge is 0.339 e. The number of benzene rings is 1. The van der Waals surface area contributed by atoms with Gasteiger partial charge in [-0.15, -0.1) is 0 Å². The lowest BCUT2D eigenvalue weighted by Crippen LogP contribution is -2.39. The van der Waals surface area contributed by atoms with Crippen LogP contribution in [0.15, 0.2) is 35.4 Å². The summed E-state index contributed by atoms with van der Waals surface area (Å²) in [6, 6.07) is 6.22. The average Bonchev–Trinajstić information content (AvgIpc) is 3.40. The number of amides is 1. The molecule has 0 bridgehead atoms. The molecule has 0 spiro atoms. The molecule has 7 nitrogen and oxygen atoms in total. The Morgan fingerprint density at radius 3 is 2.54 bits per heavy atom. The molecule has 3 heterocycles. The predicted molar refractivity (Wildman–Crippen MR) is 106 cm³/mol. The zero-order valence-corrected chi connectivity index (χ0v) is 17.0. The Hall–Kier alpha value is -1.90. The molecule has 150 valence electrons. The van der Waals surface area contributed by atoms with Gasteiger partial charge in [-0.05, 0) is 49.9 Å². The predicted octanol–water partition coefficient (Wildman–Crippen LogP) is 2.87. The van der Waals surface area contributed by atoms with E-state index in [9.17, 15) is 13.2 Å². The summed E-state index contributed by atoms with van der Waals surface area (Å²) in [4.78, 5) is 14.9.